The molecule has 0 heterocycles. The smallest absolute Gasteiger partial charge is 0.370 e. The van der Waals surface area contributed by atoms with Crippen molar-refractivity contribution >= 4 is 35.2 Å². The molecule has 0 unspecified atom stereocenters. The summed E-state index contributed by atoms with van der Waals surface area (Å²) in [6.45, 7) is 0. The molecule has 0 fully saturated rings. The van der Waals surface area contributed by atoms with Gasteiger partial charge in [0.25, 0.3) is 0 Å². The highest BCUT2D eigenvalue weighted by Crippen LogP contribution is 2.22. The molecule has 2 N–H and O–H groups in total. The highest BCUT2D eigenvalue weighted by molar-refractivity contribution is 6.35. The Hall–Kier alpha value is -1.19. The van der Waals surface area contributed by atoms with Crippen LogP contribution in [-0.2, 0) is 4.79 Å². The topological polar surface area (TPSA) is 57.5 Å². The van der Waals surface area contributed by atoms with Crippen LogP contribution in [0.3, 0.4) is 0 Å². The van der Waals surface area contributed by atoms with Gasteiger partial charge < -0.3 is 10.2 Å². The van der Waals surface area contributed by atoms with E-state index in [-0.39, 0.29) is 5.02 Å². The molecule has 74 valence electrons. The lowest BCUT2D eigenvalue weighted by atomic mass is 10.2. The van der Waals surface area contributed by atoms with Gasteiger partial charge in [-0.2, -0.15) is 0 Å². The zero-order valence-electron chi connectivity index (χ0n) is 6.87. The van der Waals surface area contributed by atoms with Gasteiger partial charge in [-0.3, -0.25) is 0 Å². The van der Waals surface area contributed by atoms with Crippen molar-refractivity contribution < 1.29 is 15.0 Å². The minimum absolute atomic E-state index is 0.283. The van der Waals surface area contributed by atoms with Crippen molar-refractivity contribution in [3.05, 3.63) is 39.6 Å². The van der Waals surface area contributed by atoms with Crippen LogP contribution in [-0.4, -0.2) is 16.2 Å². The van der Waals surface area contributed by atoms with Gasteiger partial charge in [0.05, 0.1) is 0 Å². The summed E-state index contributed by atoms with van der Waals surface area (Å²) in [4.78, 5) is 10.3. The van der Waals surface area contributed by atoms with Gasteiger partial charge in [0.2, 0.25) is 5.76 Å². The van der Waals surface area contributed by atoms with Gasteiger partial charge in [0.15, 0.2) is 0 Å². The molecule has 0 spiro atoms. The average Bonchev–Trinajstić information content (AvgIpc) is 2.09. The largest absolute Gasteiger partial charge is 0.502 e. The molecule has 0 saturated heterocycles. The number of aliphatic hydroxyl groups is 1. The molecule has 1 aromatic rings. The second-order valence-electron chi connectivity index (χ2n) is 2.50. The zero-order chi connectivity index (χ0) is 10.7. The summed E-state index contributed by atoms with van der Waals surface area (Å²) in [6.07, 6.45) is 1.06. The predicted molar refractivity (Wildman–Crippen MR) is 54.7 cm³/mol. The van der Waals surface area contributed by atoms with Crippen molar-refractivity contribution in [3.63, 3.8) is 0 Å². The Morgan fingerprint density at radius 1 is 1.29 bits per heavy atom. The lowest BCUT2D eigenvalue weighted by molar-refractivity contribution is -0.135. The molecule has 0 atom stereocenters. The summed E-state index contributed by atoms with van der Waals surface area (Å²) in [6, 6.07) is 4.53. The molecular weight excluding hydrogens is 227 g/mol. The Bertz CT molecular complexity index is 399. The number of halogens is 2. The number of aliphatic hydroxyl groups excluding tert-OH is 1. The Labute approximate surface area is 90.2 Å². The molecule has 0 bridgehead atoms. The number of carboxylic acid groups (broad SMARTS) is 1. The molecule has 0 saturated carbocycles. The van der Waals surface area contributed by atoms with E-state index in [1.807, 2.05) is 0 Å². The second kappa shape index (κ2) is 4.35. The van der Waals surface area contributed by atoms with Crippen LogP contribution in [0.25, 0.3) is 6.08 Å². The number of hydrogen-bond acceptors (Lipinski definition) is 2. The molecule has 0 radical (unpaired) electrons. The average molecular weight is 233 g/mol. The molecule has 3 nitrogen and oxygen atoms in total. The first-order valence-electron chi connectivity index (χ1n) is 3.59. The van der Waals surface area contributed by atoms with E-state index in [1.54, 1.807) is 6.07 Å². The van der Waals surface area contributed by atoms with E-state index in [1.165, 1.54) is 12.1 Å². The first-order valence-corrected chi connectivity index (χ1v) is 4.35. The lowest BCUT2D eigenvalue weighted by Gasteiger charge is -1.99. The number of rotatable bonds is 2. The van der Waals surface area contributed by atoms with Crippen LogP contribution in [0.4, 0.5) is 0 Å². The maximum absolute atomic E-state index is 10.3. The highest BCUT2D eigenvalue weighted by atomic mass is 35.5. The van der Waals surface area contributed by atoms with Gasteiger partial charge >= 0.3 is 5.97 Å². The van der Waals surface area contributed by atoms with Crippen LogP contribution < -0.4 is 0 Å². The SMILES string of the molecule is O=C(O)/C(O)=C/c1ccc(Cl)cc1Cl. The predicted octanol–water partition coefficient (Wildman–Crippen LogP) is 2.98. The maximum Gasteiger partial charge on any atom is 0.370 e. The third kappa shape index (κ3) is 2.65. The summed E-state index contributed by atoms with van der Waals surface area (Å²) >= 11 is 11.4. The van der Waals surface area contributed by atoms with Crippen molar-refractivity contribution in [2.24, 2.45) is 0 Å². The Morgan fingerprint density at radius 2 is 1.93 bits per heavy atom. The number of aliphatic carboxylic acids is 1. The van der Waals surface area contributed by atoms with Crippen molar-refractivity contribution in [1.82, 2.24) is 0 Å². The van der Waals surface area contributed by atoms with E-state index in [0.717, 1.165) is 6.08 Å². The van der Waals surface area contributed by atoms with Gasteiger partial charge in [-0.25, -0.2) is 4.79 Å². The number of benzene rings is 1. The van der Waals surface area contributed by atoms with Gasteiger partial charge in [-0.15, -0.1) is 0 Å². The summed E-state index contributed by atoms with van der Waals surface area (Å²) in [7, 11) is 0. The molecule has 0 amide bonds. The van der Waals surface area contributed by atoms with Crippen molar-refractivity contribution in [3.8, 4) is 0 Å². The summed E-state index contributed by atoms with van der Waals surface area (Å²) in [5, 5.41) is 18.1. The fourth-order valence-electron chi connectivity index (χ4n) is 0.828. The summed E-state index contributed by atoms with van der Waals surface area (Å²) in [5.41, 5.74) is 0.399. The quantitative estimate of drug-likeness (QED) is 0.609. The van der Waals surface area contributed by atoms with Gasteiger partial charge in [0, 0.05) is 10.0 Å². The zero-order valence-corrected chi connectivity index (χ0v) is 8.38. The van der Waals surface area contributed by atoms with Crippen molar-refractivity contribution in [2.45, 2.75) is 0 Å². The fourth-order valence-corrected chi connectivity index (χ4v) is 1.29. The number of carboxylic acids is 1. The molecule has 0 aliphatic heterocycles. The normalized spacial score (nSPS) is 11.4. The molecular formula is C9H6Cl2O3. The van der Waals surface area contributed by atoms with Crippen LogP contribution in [0.15, 0.2) is 24.0 Å². The monoisotopic (exact) mass is 232 g/mol. The Balaban J connectivity index is 3.09. The van der Waals surface area contributed by atoms with E-state index in [2.05, 4.69) is 0 Å². The van der Waals surface area contributed by atoms with Gasteiger partial charge in [-0.05, 0) is 23.8 Å². The first-order chi connectivity index (χ1) is 6.50. The number of hydrogen-bond donors (Lipinski definition) is 2. The lowest BCUT2D eigenvalue weighted by Crippen LogP contribution is -1.98. The van der Waals surface area contributed by atoms with E-state index in [9.17, 15) is 4.79 Å². The molecule has 0 aliphatic carbocycles. The van der Waals surface area contributed by atoms with E-state index >= 15 is 0 Å². The van der Waals surface area contributed by atoms with Crippen molar-refractivity contribution in [2.75, 3.05) is 0 Å². The highest BCUT2D eigenvalue weighted by Gasteiger charge is 2.05. The summed E-state index contributed by atoms with van der Waals surface area (Å²) < 4.78 is 0. The molecule has 5 heteroatoms. The van der Waals surface area contributed by atoms with E-state index < -0.39 is 11.7 Å². The third-order valence-electron chi connectivity index (χ3n) is 1.47. The third-order valence-corrected chi connectivity index (χ3v) is 2.04. The Kier molecular flexibility index (Phi) is 3.38. The fraction of sp³-hybridized carbons (Fsp3) is 0. The molecule has 0 aromatic heterocycles. The van der Waals surface area contributed by atoms with Crippen molar-refractivity contribution in [1.29, 1.82) is 0 Å². The van der Waals surface area contributed by atoms with E-state index in [0.29, 0.717) is 10.6 Å². The minimum Gasteiger partial charge on any atom is -0.502 e. The first kappa shape index (κ1) is 10.9. The standard InChI is InChI=1S/C9H6Cl2O3/c10-6-2-1-5(7(11)4-6)3-8(12)9(13)14/h1-4,12H,(H,13,14)/b8-3-. The maximum atomic E-state index is 10.3. The number of carbonyl (C=O) groups is 1. The van der Waals surface area contributed by atoms with Crippen LogP contribution in [0, 0.1) is 0 Å². The molecule has 1 rings (SSSR count). The van der Waals surface area contributed by atoms with Crippen LogP contribution in [0.5, 0.6) is 0 Å². The minimum atomic E-state index is -1.41. The second-order valence-corrected chi connectivity index (χ2v) is 3.34. The van der Waals surface area contributed by atoms with Crippen LogP contribution in [0.1, 0.15) is 5.56 Å². The molecule has 14 heavy (non-hydrogen) atoms. The van der Waals surface area contributed by atoms with Gasteiger partial charge in [0.1, 0.15) is 0 Å². The molecule has 1 aromatic carbocycles. The van der Waals surface area contributed by atoms with E-state index in [4.69, 9.17) is 33.4 Å². The van der Waals surface area contributed by atoms with Crippen LogP contribution in [0.2, 0.25) is 10.0 Å². The Morgan fingerprint density at radius 3 is 2.43 bits per heavy atom. The van der Waals surface area contributed by atoms with Gasteiger partial charge in [-0.1, -0.05) is 29.3 Å². The van der Waals surface area contributed by atoms with Crippen LogP contribution >= 0.6 is 23.2 Å². The summed E-state index contributed by atoms with van der Waals surface area (Å²) in [5.74, 6) is -2.18. The molecule has 0 aliphatic rings.